The molecule has 2 aromatic rings. The van der Waals surface area contributed by atoms with Crippen LogP contribution >= 0.6 is 0 Å². The van der Waals surface area contributed by atoms with Crippen molar-refractivity contribution in [2.24, 2.45) is 0 Å². The third-order valence-electron chi connectivity index (χ3n) is 2.52. The molecule has 0 fully saturated rings. The second-order valence-corrected chi connectivity index (χ2v) is 3.94. The van der Waals surface area contributed by atoms with E-state index in [1.807, 2.05) is 0 Å². The molecule has 0 aliphatic carbocycles. The van der Waals surface area contributed by atoms with Crippen molar-refractivity contribution in [1.82, 2.24) is 4.98 Å². The van der Waals surface area contributed by atoms with E-state index in [9.17, 15) is 13.6 Å². The van der Waals surface area contributed by atoms with E-state index in [-0.39, 0.29) is 11.4 Å². The van der Waals surface area contributed by atoms with Crippen molar-refractivity contribution in [1.29, 1.82) is 0 Å². The number of anilines is 2. The van der Waals surface area contributed by atoms with Gasteiger partial charge in [-0.05, 0) is 30.7 Å². The number of rotatable bonds is 3. The fourth-order valence-electron chi connectivity index (χ4n) is 1.51. The van der Waals surface area contributed by atoms with E-state index >= 15 is 0 Å². The normalized spacial score (nSPS) is 10.3. The van der Waals surface area contributed by atoms with Gasteiger partial charge in [-0.15, -0.1) is 0 Å². The lowest BCUT2D eigenvalue weighted by Gasteiger charge is -2.09. The first-order valence-corrected chi connectivity index (χ1v) is 5.39. The number of hydrogen-bond donors (Lipinski definition) is 2. The van der Waals surface area contributed by atoms with Crippen molar-refractivity contribution in [3.63, 3.8) is 0 Å². The van der Waals surface area contributed by atoms with Gasteiger partial charge in [-0.3, -0.25) is 0 Å². The van der Waals surface area contributed by atoms with Crippen LogP contribution in [0.1, 0.15) is 15.9 Å². The highest BCUT2D eigenvalue weighted by molar-refractivity contribution is 5.93. The Bertz CT molecular complexity index is 645. The van der Waals surface area contributed by atoms with Gasteiger partial charge >= 0.3 is 5.97 Å². The molecule has 0 bridgehead atoms. The molecule has 0 amide bonds. The fraction of sp³-hybridized carbons (Fsp3) is 0.0769. The van der Waals surface area contributed by atoms with Crippen LogP contribution in [-0.2, 0) is 0 Å². The number of aromatic nitrogens is 1. The predicted molar refractivity (Wildman–Crippen MR) is 65.6 cm³/mol. The van der Waals surface area contributed by atoms with Crippen LogP contribution in [0.25, 0.3) is 0 Å². The Kier molecular flexibility index (Phi) is 3.41. The molecule has 1 aromatic carbocycles. The van der Waals surface area contributed by atoms with Crippen LogP contribution in [0.4, 0.5) is 20.3 Å². The summed E-state index contributed by atoms with van der Waals surface area (Å²) >= 11 is 0. The number of aryl methyl sites for hydroxylation is 1. The van der Waals surface area contributed by atoms with Gasteiger partial charge in [-0.2, -0.15) is 0 Å². The van der Waals surface area contributed by atoms with Crippen molar-refractivity contribution in [3.8, 4) is 0 Å². The maximum Gasteiger partial charge on any atom is 0.339 e. The lowest BCUT2D eigenvalue weighted by molar-refractivity contribution is 0.0697. The van der Waals surface area contributed by atoms with E-state index in [1.165, 1.54) is 6.07 Å². The van der Waals surface area contributed by atoms with Gasteiger partial charge in [0.05, 0.1) is 6.20 Å². The molecular formula is C13H10F2N2O2. The van der Waals surface area contributed by atoms with Crippen molar-refractivity contribution in [2.45, 2.75) is 6.92 Å². The summed E-state index contributed by atoms with van der Waals surface area (Å²) in [5, 5.41) is 11.6. The standard InChI is InChI=1S/C13H10F2N2O2/c1-7-2-3-9(5-11(7)15)17-12-10(13(18)19)4-8(14)6-16-12/h2-6H,1H3,(H,16,17)(H,18,19). The van der Waals surface area contributed by atoms with Gasteiger partial charge in [0.2, 0.25) is 0 Å². The summed E-state index contributed by atoms with van der Waals surface area (Å²) in [5.74, 6) is -2.54. The molecule has 0 radical (unpaired) electrons. The quantitative estimate of drug-likeness (QED) is 0.894. The first-order valence-electron chi connectivity index (χ1n) is 5.39. The molecule has 0 aliphatic heterocycles. The second-order valence-electron chi connectivity index (χ2n) is 3.94. The minimum absolute atomic E-state index is 0.0443. The van der Waals surface area contributed by atoms with Crippen LogP contribution in [0, 0.1) is 18.6 Å². The van der Waals surface area contributed by atoms with Gasteiger partial charge in [0.15, 0.2) is 0 Å². The van der Waals surface area contributed by atoms with Crippen LogP contribution in [0.5, 0.6) is 0 Å². The summed E-state index contributed by atoms with van der Waals surface area (Å²) in [4.78, 5) is 14.6. The highest BCUT2D eigenvalue weighted by Gasteiger charge is 2.13. The van der Waals surface area contributed by atoms with Crippen molar-refractivity contribution in [3.05, 3.63) is 53.2 Å². The molecular weight excluding hydrogens is 254 g/mol. The summed E-state index contributed by atoms with van der Waals surface area (Å²) < 4.78 is 26.3. The number of carboxylic acid groups (broad SMARTS) is 1. The van der Waals surface area contributed by atoms with Crippen LogP contribution in [0.15, 0.2) is 30.5 Å². The largest absolute Gasteiger partial charge is 0.478 e. The summed E-state index contributed by atoms with van der Waals surface area (Å²) in [6.45, 7) is 1.61. The topological polar surface area (TPSA) is 62.2 Å². The van der Waals surface area contributed by atoms with Gasteiger partial charge in [-0.1, -0.05) is 6.07 Å². The van der Waals surface area contributed by atoms with Crippen molar-refractivity contribution in [2.75, 3.05) is 5.32 Å². The molecule has 1 aromatic heterocycles. The zero-order valence-electron chi connectivity index (χ0n) is 9.95. The average molecular weight is 264 g/mol. The smallest absolute Gasteiger partial charge is 0.339 e. The summed E-state index contributed by atoms with van der Waals surface area (Å²) in [5.41, 5.74) is 0.488. The van der Waals surface area contributed by atoms with E-state index in [0.717, 1.165) is 12.3 Å². The molecule has 0 aliphatic rings. The number of carboxylic acids is 1. The van der Waals surface area contributed by atoms with Gasteiger partial charge in [0.1, 0.15) is 23.0 Å². The minimum Gasteiger partial charge on any atom is -0.478 e. The maximum atomic E-state index is 13.4. The van der Waals surface area contributed by atoms with E-state index in [4.69, 9.17) is 5.11 Å². The molecule has 98 valence electrons. The molecule has 0 atom stereocenters. The molecule has 19 heavy (non-hydrogen) atoms. The molecule has 0 saturated heterocycles. The van der Waals surface area contributed by atoms with Gasteiger partial charge in [0, 0.05) is 5.69 Å². The lowest BCUT2D eigenvalue weighted by Crippen LogP contribution is -2.06. The maximum absolute atomic E-state index is 13.4. The first-order chi connectivity index (χ1) is 8.97. The molecule has 2 N–H and O–H groups in total. The van der Waals surface area contributed by atoms with Crippen LogP contribution in [-0.4, -0.2) is 16.1 Å². The SMILES string of the molecule is Cc1ccc(Nc2ncc(F)cc2C(=O)O)cc1F. The van der Waals surface area contributed by atoms with E-state index < -0.39 is 17.6 Å². The Morgan fingerprint density at radius 3 is 2.68 bits per heavy atom. The summed E-state index contributed by atoms with van der Waals surface area (Å²) in [7, 11) is 0. The minimum atomic E-state index is -1.32. The summed E-state index contributed by atoms with van der Waals surface area (Å²) in [6, 6.07) is 5.19. The first kappa shape index (κ1) is 12.9. The zero-order chi connectivity index (χ0) is 14.0. The Labute approximate surface area is 107 Å². The number of halogens is 2. The molecule has 4 nitrogen and oxygen atoms in total. The highest BCUT2D eigenvalue weighted by Crippen LogP contribution is 2.21. The number of pyridine rings is 1. The third-order valence-corrected chi connectivity index (χ3v) is 2.52. The predicted octanol–water partition coefficient (Wildman–Crippen LogP) is 3.11. The molecule has 1 heterocycles. The number of aromatic carboxylic acids is 1. The lowest BCUT2D eigenvalue weighted by atomic mass is 10.2. The van der Waals surface area contributed by atoms with Crippen LogP contribution in [0.2, 0.25) is 0 Å². The number of hydrogen-bond acceptors (Lipinski definition) is 3. The Morgan fingerprint density at radius 1 is 1.32 bits per heavy atom. The number of carbonyl (C=O) groups is 1. The zero-order valence-corrected chi connectivity index (χ0v) is 9.95. The molecule has 0 saturated carbocycles. The van der Waals surface area contributed by atoms with Crippen molar-refractivity contribution < 1.29 is 18.7 Å². The van der Waals surface area contributed by atoms with Gasteiger partial charge in [0.25, 0.3) is 0 Å². The molecule has 0 unspecified atom stereocenters. The van der Waals surface area contributed by atoms with Crippen molar-refractivity contribution >= 4 is 17.5 Å². The monoisotopic (exact) mass is 264 g/mol. The number of nitrogens with one attached hydrogen (secondary N) is 1. The Hall–Kier alpha value is -2.50. The average Bonchev–Trinajstić information content (AvgIpc) is 2.36. The Balaban J connectivity index is 2.37. The molecule has 6 heteroatoms. The number of benzene rings is 1. The highest BCUT2D eigenvalue weighted by atomic mass is 19.1. The molecule has 2 rings (SSSR count). The fourth-order valence-corrected chi connectivity index (χ4v) is 1.51. The van der Waals surface area contributed by atoms with Gasteiger partial charge < -0.3 is 10.4 Å². The second kappa shape index (κ2) is 5.01. The van der Waals surface area contributed by atoms with Crippen LogP contribution in [0.3, 0.4) is 0 Å². The third kappa shape index (κ3) is 2.85. The summed E-state index contributed by atoms with van der Waals surface area (Å²) in [6.07, 6.45) is 0.888. The molecule has 0 spiro atoms. The van der Waals surface area contributed by atoms with Crippen LogP contribution < -0.4 is 5.32 Å². The van der Waals surface area contributed by atoms with Gasteiger partial charge in [-0.25, -0.2) is 18.6 Å². The van der Waals surface area contributed by atoms with E-state index in [1.54, 1.807) is 19.1 Å². The Morgan fingerprint density at radius 2 is 2.05 bits per heavy atom. The van der Waals surface area contributed by atoms with E-state index in [0.29, 0.717) is 11.3 Å². The number of nitrogens with zero attached hydrogens (tertiary/aromatic N) is 1. The van der Waals surface area contributed by atoms with E-state index in [2.05, 4.69) is 10.3 Å².